The second kappa shape index (κ2) is 6.77. The van der Waals surface area contributed by atoms with Gasteiger partial charge < -0.3 is 4.90 Å². The van der Waals surface area contributed by atoms with Crippen LogP contribution in [0.15, 0.2) is 23.1 Å². The van der Waals surface area contributed by atoms with E-state index in [0.29, 0.717) is 31.4 Å². The zero-order valence-corrected chi connectivity index (χ0v) is 13.1. The molecule has 1 aromatic rings. The molecular weight excluding hydrogens is 284 g/mol. The lowest BCUT2D eigenvalue weighted by Gasteiger charge is -2.32. The summed E-state index contributed by atoms with van der Waals surface area (Å²) in [6.07, 6.45) is 1.52. The third kappa shape index (κ3) is 3.27. The number of anilines is 1. The zero-order chi connectivity index (χ0) is 15.4. The number of Topliss-reactive ketones (excluding diaryl/α,β-unsaturated/α-hetero) is 1. The maximum absolute atomic E-state index is 12.4. The Morgan fingerprint density at radius 1 is 1.48 bits per heavy atom. The van der Waals surface area contributed by atoms with Crippen LogP contribution >= 0.6 is 11.8 Å². The fraction of sp³-hybridized carbons (Fsp3) is 0.438. The van der Waals surface area contributed by atoms with Crippen molar-refractivity contribution in [2.75, 3.05) is 11.4 Å². The van der Waals surface area contributed by atoms with Gasteiger partial charge in [-0.3, -0.25) is 9.59 Å². The molecule has 2 rings (SSSR count). The van der Waals surface area contributed by atoms with Crippen molar-refractivity contribution >= 4 is 29.1 Å². The second-order valence-electron chi connectivity index (χ2n) is 4.97. The van der Waals surface area contributed by atoms with Gasteiger partial charge in [0.1, 0.15) is 0 Å². The predicted octanol–water partition coefficient (Wildman–Crippen LogP) is 3.41. The highest BCUT2D eigenvalue weighted by molar-refractivity contribution is 8.00. The number of rotatable bonds is 5. The molecule has 0 radical (unpaired) electrons. The lowest BCUT2D eigenvalue weighted by Crippen LogP contribution is -2.40. The highest BCUT2D eigenvalue weighted by Gasteiger charge is 2.30. The Labute approximate surface area is 129 Å². The number of thioether (sulfide) groups is 1. The molecule has 110 valence electrons. The van der Waals surface area contributed by atoms with Crippen molar-refractivity contribution in [3.05, 3.63) is 23.8 Å². The Hall–Kier alpha value is -1.80. The van der Waals surface area contributed by atoms with Crippen molar-refractivity contribution in [2.24, 2.45) is 0 Å². The van der Waals surface area contributed by atoms with Crippen LogP contribution in [0.3, 0.4) is 0 Å². The van der Waals surface area contributed by atoms with Crippen molar-refractivity contribution < 1.29 is 9.59 Å². The topological polar surface area (TPSA) is 61.2 Å². The Balaban J connectivity index is 2.35. The number of fused-ring (bicyclic) bond motifs is 1. The van der Waals surface area contributed by atoms with Gasteiger partial charge in [-0.25, -0.2) is 0 Å². The molecule has 1 amide bonds. The molecule has 0 aliphatic carbocycles. The number of benzene rings is 1. The maximum atomic E-state index is 12.4. The van der Waals surface area contributed by atoms with E-state index in [9.17, 15) is 9.59 Å². The van der Waals surface area contributed by atoms with Crippen LogP contribution in [0.5, 0.6) is 0 Å². The van der Waals surface area contributed by atoms with E-state index >= 15 is 0 Å². The number of carbonyl (C=O) groups excluding carboxylic acids is 2. The average molecular weight is 302 g/mol. The predicted molar refractivity (Wildman–Crippen MR) is 83.6 cm³/mol. The Morgan fingerprint density at radius 2 is 2.24 bits per heavy atom. The van der Waals surface area contributed by atoms with E-state index in [2.05, 4.69) is 6.07 Å². The summed E-state index contributed by atoms with van der Waals surface area (Å²) in [5.74, 6) is 0.123. The summed E-state index contributed by atoms with van der Waals surface area (Å²) in [5, 5.41) is 8.52. The fourth-order valence-electron chi connectivity index (χ4n) is 2.33. The minimum atomic E-state index is -0.132. The highest BCUT2D eigenvalue weighted by atomic mass is 32.2. The molecule has 1 heterocycles. The van der Waals surface area contributed by atoms with Crippen molar-refractivity contribution in [3.8, 4) is 6.07 Å². The van der Waals surface area contributed by atoms with Crippen LogP contribution in [-0.2, 0) is 4.79 Å². The monoisotopic (exact) mass is 302 g/mol. The van der Waals surface area contributed by atoms with E-state index in [1.165, 1.54) is 11.8 Å². The number of amides is 1. The van der Waals surface area contributed by atoms with Gasteiger partial charge in [0.2, 0.25) is 5.91 Å². The molecule has 21 heavy (non-hydrogen) atoms. The summed E-state index contributed by atoms with van der Waals surface area (Å²) in [7, 11) is 0. The minimum absolute atomic E-state index is 0.0477. The molecule has 0 aromatic heterocycles. The molecule has 0 spiro atoms. The molecule has 1 aliphatic rings. The third-order valence-electron chi connectivity index (χ3n) is 3.48. The summed E-state index contributed by atoms with van der Waals surface area (Å²) >= 11 is 1.52. The van der Waals surface area contributed by atoms with Crippen molar-refractivity contribution in [1.82, 2.24) is 0 Å². The molecule has 1 unspecified atom stereocenters. The molecule has 1 aromatic carbocycles. The summed E-state index contributed by atoms with van der Waals surface area (Å²) in [6, 6.07) is 7.66. The maximum Gasteiger partial charge on any atom is 0.240 e. The smallest absolute Gasteiger partial charge is 0.240 e. The first-order valence-electron chi connectivity index (χ1n) is 7.10. The number of nitriles is 1. The van der Waals surface area contributed by atoms with Gasteiger partial charge >= 0.3 is 0 Å². The van der Waals surface area contributed by atoms with E-state index in [1.807, 2.05) is 32.0 Å². The van der Waals surface area contributed by atoms with Crippen LogP contribution in [0.2, 0.25) is 0 Å². The highest BCUT2D eigenvalue weighted by Crippen LogP contribution is 2.39. The van der Waals surface area contributed by atoms with Gasteiger partial charge in [0, 0.05) is 29.8 Å². The quantitative estimate of drug-likeness (QED) is 0.617. The lowest BCUT2D eigenvalue weighted by atomic mass is 10.1. The summed E-state index contributed by atoms with van der Waals surface area (Å²) < 4.78 is 0. The third-order valence-corrected chi connectivity index (χ3v) is 4.64. The number of unbranched alkanes of at least 4 members (excludes halogenated alkanes) is 1. The molecular formula is C16H18N2O2S. The van der Waals surface area contributed by atoms with Crippen LogP contribution in [0.4, 0.5) is 5.69 Å². The number of nitrogens with zero attached hydrogens (tertiary/aromatic N) is 2. The molecule has 0 N–H and O–H groups in total. The molecule has 0 saturated carbocycles. The van der Waals surface area contributed by atoms with Gasteiger partial charge in [0.05, 0.1) is 17.0 Å². The van der Waals surface area contributed by atoms with Crippen molar-refractivity contribution in [2.45, 2.75) is 43.3 Å². The van der Waals surface area contributed by atoms with Gasteiger partial charge in [-0.15, -0.1) is 11.8 Å². The Kier molecular flexibility index (Phi) is 5.03. The molecule has 1 aliphatic heterocycles. The molecule has 0 saturated heterocycles. The standard InChI is InChI=1S/C16H18N2O2S/c1-3-14(19)12-6-7-15-13(10-12)18(9-5-4-8-17)16(20)11(2)21-15/h6-7,10-11H,3-5,9H2,1-2H3. The van der Waals surface area contributed by atoms with Gasteiger partial charge in [0.25, 0.3) is 0 Å². The van der Waals surface area contributed by atoms with Crippen LogP contribution < -0.4 is 4.90 Å². The van der Waals surface area contributed by atoms with Crippen LogP contribution in [-0.4, -0.2) is 23.5 Å². The summed E-state index contributed by atoms with van der Waals surface area (Å²) in [6.45, 7) is 4.24. The molecule has 0 bridgehead atoms. The number of hydrogen-bond donors (Lipinski definition) is 0. The van der Waals surface area contributed by atoms with E-state index in [1.54, 1.807) is 4.90 Å². The van der Waals surface area contributed by atoms with E-state index in [4.69, 9.17) is 5.26 Å². The zero-order valence-electron chi connectivity index (χ0n) is 12.3. The minimum Gasteiger partial charge on any atom is -0.310 e. The average Bonchev–Trinajstić information content (AvgIpc) is 2.50. The van der Waals surface area contributed by atoms with E-state index < -0.39 is 0 Å². The summed E-state index contributed by atoms with van der Waals surface area (Å²) in [4.78, 5) is 27.0. The fourth-order valence-corrected chi connectivity index (χ4v) is 3.38. The molecule has 4 nitrogen and oxygen atoms in total. The molecule has 0 fully saturated rings. The Morgan fingerprint density at radius 3 is 2.90 bits per heavy atom. The van der Waals surface area contributed by atoms with Crippen LogP contribution in [0.1, 0.15) is 43.5 Å². The molecule has 1 atom stereocenters. The Bertz CT molecular complexity index is 607. The van der Waals surface area contributed by atoms with Crippen molar-refractivity contribution in [1.29, 1.82) is 5.26 Å². The first-order valence-corrected chi connectivity index (χ1v) is 7.98. The van der Waals surface area contributed by atoms with E-state index in [0.717, 1.165) is 10.6 Å². The normalized spacial score (nSPS) is 17.3. The van der Waals surface area contributed by atoms with Crippen LogP contribution in [0, 0.1) is 11.3 Å². The first kappa shape index (κ1) is 15.6. The van der Waals surface area contributed by atoms with Gasteiger partial charge in [-0.1, -0.05) is 13.0 Å². The summed E-state index contributed by atoms with van der Waals surface area (Å²) in [5.41, 5.74) is 1.45. The molecule has 5 heteroatoms. The number of hydrogen-bond acceptors (Lipinski definition) is 4. The number of carbonyl (C=O) groups is 2. The second-order valence-corrected chi connectivity index (χ2v) is 6.35. The first-order chi connectivity index (χ1) is 10.1. The van der Waals surface area contributed by atoms with E-state index in [-0.39, 0.29) is 16.9 Å². The lowest BCUT2D eigenvalue weighted by molar-refractivity contribution is -0.118. The van der Waals surface area contributed by atoms with Gasteiger partial charge in [0.15, 0.2) is 5.78 Å². The van der Waals surface area contributed by atoms with Gasteiger partial charge in [-0.2, -0.15) is 5.26 Å². The van der Waals surface area contributed by atoms with Crippen LogP contribution in [0.25, 0.3) is 0 Å². The number of ketones is 1. The van der Waals surface area contributed by atoms with Crippen molar-refractivity contribution in [3.63, 3.8) is 0 Å². The largest absolute Gasteiger partial charge is 0.310 e. The van der Waals surface area contributed by atoms with Gasteiger partial charge in [-0.05, 0) is 25.5 Å². The SMILES string of the molecule is CCC(=O)c1ccc2c(c1)N(CCCC#N)C(=O)C(C)S2.